The molecule has 11 heteroatoms. The fourth-order valence-corrected chi connectivity index (χ4v) is 2.66. The molecular weight excluding hydrogens is 320 g/mol. The second-order valence-corrected chi connectivity index (χ2v) is 5.80. The van der Waals surface area contributed by atoms with Crippen molar-refractivity contribution >= 4 is 28.9 Å². The first-order valence-corrected chi connectivity index (χ1v) is 7.42. The average Bonchev–Trinajstić information content (AvgIpc) is 3.00. The zero-order chi connectivity index (χ0) is 16.9. The van der Waals surface area contributed by atoms with Gasteiger partial charge >= 0.3 is 5.97 Å². The maximum absolute atomic E-state index is 11.4. The van der Waals surface area contributed by atoms with E-state index >= 15 is 0 Å². The highest BCUT2D eigenvalue weighted by molar-refractivity contribution is 5.91. The highest BCUT2D eigenvalue weighted by Gasteiger charge is 2.51. The number of aliphatic hydroxyl groups is 1. The molecular formula is C13H16N6O5. The van der Waals surface area contributed by atoms with Crippen molar-refractivity contribution in [3.63, 3.8) is 0 Å². The van der Waals surface area contributed by atoms with E-state index in [-0.39, 0.29) is 25.0 Å². The van der Waals surface area contributed by atoms with Gasteiger partial charge in [0.25, 0.3) is 0 Å². The molecule has 2 aromatic heterocycles. The summed E-state index contributed by atoms with van der Waals surface area (Å²) in [5.41, 5.74) is 5.53. The molecule has 4 rings (SSSR count). The summed E-state index contributed by atoms with van der Waals surface area (Å²) < 4.78 is 12.4. The molecule has 0 spiro atoms. The fraction of sp³-hybridized carbons (Fsp3) is 0.538. The molecule has 0 radical (unpaired) electrons. The summed E-state index contributed by atoms with van der Waals surface area (Å²) in [4.78, 5) is 23.9. The molecule has 24 heavy (non-hydrogen) atoms. The minimum atomic E-state index is -1.02. The Morgan fingerprint density at radius 2 is 2.29 bits per heavy atom. The maximum atomic E-state index is 11.4. The Bertz CT molecular complexity index is 803. The van der Waals surface area contributed by atoms with Gasteiger partial charge in [-0.3, -0.25) is 4.57 Å². The Morgan fingerprint density at radius 1 is 1.50 bits per heavy atom. The number of hydrogen-bond donors (Lipinski definition) is 4. The second kappa shape index (κ2) is 5.26. The number of carboxylic acids is 1. The second-order valence-electron chi connectivity index (χ2n) is 5.80. The third-order valence-electron chi connectivity index (χ3n) is 4.15. The smallest absolute Gasteiger partial charge is 0.329 e. The number of rotatable bonds is 5. The molecule has 1 saturated carbocycles. The number of ether oxygens (including phenoxy) is 2. The van der Waals surface area contributed by atoms with E-state index in [2.05, 4.69) is 20.3 Å². The lowest BCUT2D eigenvalue weighted by Crippen LogP contribution is -2.32. The molecule has 0 amide bonds. The highest BCUT2D eigenvalue weighted by Crippen LogP contribution is 2.40. The minimum absolute atomic E-state index is 0.00874. The van der Waals surface area contributed by atoms with E-state index < -0.39 is 24.0 Å². The van der Waals surface area contributed by atoms with E-state index in [0.717, 1.165) is 0 Å². The number of fused-ring (bicyclic) bond motifs is 1. The van der Waals surface area contributed by atoms with Gasteiger partial charge in [-0.2, -0.15) is 9.97 Å². The molecule has 5 N–H and O–H groups in total. The molecule has 0 bridgehead atoms. The van der Waals surface area contributed by atoms with Crippen LogP contribution in [0.15, 0.2) is 6.33 Å². The van der Waals surface area contributed by atoms with Crippen molar-refractivity contribution < 1.29 is 24.5 Å². The van der Waals surface area contributed by atoms with Crippen LogP contribution in [0.25, 0.3) is 11.2 Å². The van der Waals surface area contributed by atoms with Crippen molar-refractivity contribution in [2.24, 2.45) is 0 Å². The topological polar surface area (TPSA) is 158 Å². The van der Waals surface area contributed by atoms with Crippen molar-refractivity contribution in [3.05, 3.63) is 6.33 Å². The fourth-order valence-electron chi connectivity index (χ4n) is 2.66. The Hall–Kier alpha value is -2.50. The summed E-state index contributed by atoms with van der Waals surface area (Å²) in [5, 5.41) is 21.3. The number of aliphatic carboxylic acids is 1. The van der Waals surface area contributed by atoms with Crippen molar-refractivity contribution in [2.45, 2.75) is 30.9 Å². The summed E-state index contributed by atoms with van der Waals surface area (Å²) in [6.07, 6.45) is 1.30. The van der Waals surface area contributed by atoms with Gasteiger partial charge in [-0.05, 0) is 12.8 Å². The zero-order valence-corrected chi connectivity index (χ0v) is 12.5. The first-order valence-electron chi connectivity index (χ1n) is 7.42. The van der Waals surface area contributed by atoms with Gasteiger partial charge < -0.3 is 30.7 Å². The molecule has 0 aromatic carbocycles. The average molecular weight is 336 g/mol. The highest BCUT2D eigenvalue weighted by atomic mass is 16.7. The Balaban J connectivity index is 1.71. The molecule has 2 aliphatic rings. The van der Waals surface area contributed by atoms with E-state index in [0.29, 0.717) is 24.0 Å². The number of anilines is 2. The molecule has 2 unspecified atom stereocenters. The summed E-state index contributed by atoms with van der Waals surface area (Å²) in [6, 6.07) is 0. The molecule has 1 aliphatic heterocycles. The number of nitrogens with one attached hydrogen (secondary N) is 1. The van der Waals surface area contributed by atoms with E-state index in [1.807, 2.05) is 0 Å². The summed E-state index contributed by atoms with van der Waals surface area (Å²) in [6.45, 7) is -0.0311. The van der Waals surface area contributed by atoms with Crippen LogP contribution in [0.3, 0.4) is 0 Å². The Kier molecular flexibility index (Phi) is 3.30. The molecule has 2 aromatic rings. The van der Waals surface area contributed by atoms with Gasteiger partial charge in [0.15, 0.2) is 29.5 Å². The predicted molar refractivity (Wildman–Crippen MR) is 79.9 cm³/mol. The molecule has 3 heterocycles. The number of hydrogen-bond acceptors (Lipinski definition) is 9. The Labute approximate surface area is 135 Å². The zero-order valence-electron chi connectivity index (χ0n) is 12.5. The van der Waals surface area contributed by atoms with Gasteiger partial charge in [-0.1, -0.05) is 0 Å². The monoisotopic (exact) mass is 336 g/mol. The molecule has 1 saturated heterocycles. The van der Waals surface area contributed by atoms with E-state index in [1.165, 1.54) is 6.33 Å². The quantitative estimate of drug-likeness (QED) is 0.550. The normalized spacial score (nSPS) is 25.0. The van der Waals surface area contributed by atoms with Crippen molar-refractivity contribution in [2.75, 3.05) is 24.3 Å². The molecule has 1 aliphatic carbocycles. The van der Waals surface area contributed by atoms with Crippen LogP contribution in [0.4, 0.5) is 11.8 Å². The third kappa shape index (κ3) is 2.33. The van der Waals surface area contributed by atoms with Gasteiger partial charge in [0.1, 0.15) is 5.54 Å². The molecule has 128 valence electrons. The standard InChI is InChI=1S/C13H16N6O5/c14-12-16-9(18-13(1-2-13)11(21)22)8-10(17-12)19(5-15-8)6-4-23-7(3-20)24-6/h5-7,20H,1-4H2,(H,21,22)(H3,14,16,17,18). The number of carbonyl (C=O) groups is 1. The van der Waals surface area contributed by atoms with Crippen LogP contribution in [0.5, 0.6) is 0 Å². The van der Waals surface area contributed by atoms with Crippen LogP contribution in [-0.2, 0) is 14.3 Å². The van der Waals surface area contributed by atoms with Crippen LogP contribution in [0.2, 0.25) is 0 Å². The third-order valence-corrected chi connectivity index (χ3v) is 4.15. The minimum Gasteiger partial charge on any atom is -0.480 e. The number of aromatic nitrogens is 4. The summed E-state index contributed by atoms with van der Waals surface area (Å²) >= 11 is 0. The number of nitrogens with two attached hydrogens (primary N) is 1. The largest absolute Gasteiger partial charge is 0.480 e. The summed E-state index contributed by atoms with van der Waals surface area (Å²) in [5.74, 6) is -0.676. The van der Waals surface area contributed by atoms with Crippen molar-refractivity contribution in [3.8, 4) is 0 Å². The SMILES string of the molecule is Nc1nc(NC2(C(=O)O)CC2)c2ncn(C3COC(CO)O3)c2n1. The van der Waals surface area contributed by atoms with Gasteiger partial charge in [-0.25, -0.2) is 9.78 Å². The molecule has 11 nitrogen and oxygen atoms in total. The van der Waals surface area contributed by atoms with Crippen LogP contribution < -0.4 is 11.1 Å². The van der Waals surface area contributed by atoms with Gasteiger partial charge in [0, 0.05) is 0 Å². The number of carboxylic acid groups (broad SMARTS) is 1. The lowest BCUT2D eigenvalue weighted by atomic mass is 10.2. The number of imidazole rings is 1. The van der Waals surface area contributed by atoms with Crippen LogP contribution in [0.1, 0.15) is 19.1 Å². The number of nitrogen functional groups attached to an aromatic ring is 1. The van der Waals surface area contributed by atoms with Gasteiger partial charge in [0.05, 0.1) is 19.5 Å². The Morgan fingerprint density at radius 3 is 2.92 bits per heavy atom. The van der Waals surface area contributed by atoms with E-state index in [4.69, 9.17) is 20.3 Å². The van der Waals surface area contributed by atoms with Crippen LogP contribution >= 0.6 is 0 Å². The number of nitrogens with zero attached hydrogens (tertiary/aromatic N) is 4. The van der Waals surface area contributed by atoms with Gasteiger partial charge in [-0.15, -0.1) is 0 Å². The van der Waals surface area contributed by atoms with Crippen molar-refractivity contribution in [1.29, 1.82) is 0 Å². The van der Waals surface area contributed by atoms with Crippen molar-refractivity contribution in [1.82, 2.24) is 19.5 Å². The molecule has 2 fully saturated rings. The lowest BCUT2D eigenvalue weighted by molar-refractivity contribution is -0.138. The predicted octanol–water partition coefficient (Wildman–Crippen LogP) is -0.699. The first kappa shape index (κ1) is 15.1. The maximum Gasteiger partial charge on any atom is 0.329 e. The number of aliphatic hydroxyl groups excluding tert-OH is 1. The van der Waals surface area contributed by atoms with E-state index in [1.54, 1.807) is 4.57 Å². The van der Waals surface area contributed by atoms with E-state index in [9.17, 15) is 9.90 Å². The lowest BCUT2D eigenvalue weighted by Gasteiger charge is -2.14. The summed E-state index contributed by atoms with van der Waals surface area (Å²) in [7, 11) is 0. The van der Waals surface area contributed by atoms with Crippen LogP contribution in [0, 0.1) is 0 Å². The van der Waals surface area contributed by atoms with Gasteiger partial charge in [0.2, 0.25) is 5.95 Å². The first-order chi connectivity index (χ1) is 11.5. The van der Waals surface area contributed by atoms with Crippen LogP contribution in [-0.4, -0.2) is 60.7 Å². The molecule has 2 atom stereocenters.